The highest BCUT2D eigenvalue weighted by Crippen LogP contribution is 2.04. The molecule has 0 aliphatic carbocycles. The van der Waals surface area contributed by atoms with E-state index in [0.29, 0.717) is 26.2 Å². The predicted molar refractivity (Wildman–Crippen MR) is 60.3 cm³/mol. The third kappa shape index (κ3) is 4.52. The Hall–Kier alpha value is -1.43. The van der Waals surface area contributed by atoms with Gasteiger partial charge in [-0.15, -0.1) is 0 Å². The Bertz CT molecular complexity index is 309. The van der Waals surface area contributed by atoms with Crippen LogP contribution in [0.5, 0.6) is 0 Å². The molecule has 96 valence electrons. The second kappa shape index (κ2) is 6.34. The average molecular weight is 242 g/mol. The number of methoxy groups -OCH3 is 1. The van der Waals surface area contributed by atoms with Gasteiger partial charge in [-0.05, 0) is 6.92 Å². The first-order chi connectivity index (χ1) is 8.02. The maximum atomic E-state index is 11.6. The van der Waals surface area contributed by atoms with Crippen molar-refractivity contribution >= 4 is 17.7 Å². The number of hydrogen-bond donors (Lipinski definition) is 0. The summed E-state index contributed by atoms with van der Waals surface area (Å²) >= 11 is 0. The van der Waals surface area contributed by atoms with E-state index >= 15 is 0 Å². The largest absolute Gasteiger partial charge is 0.468 e. The molecule has 6 heteroatoms. The molecule has 0 aromatic rings. The lowest BCUT2D eigenvalue weighted by Crippen LogP contribution is -2.50. The molecule has 1 aliphatic rings. The lowest BCUT2D eigenvalue weighted by molar-refractivity contribution is -0.142. The summed E-state index contributed by atoms with van der Waals surface area (Å²) in [6.45, 7) is 4.06. The van der Waals surface area contributed by atoms with E-state index in [9.17, 15) is 14.4 Å². The van der Waals surface area contributed by atoms with Gasteiger partial charge in [0.05, 0.1) is 20.1 Å². The molecule has 0 unspecified atom stereocenters. The zero-order chi connectivity index (χ0) is 12.8. The van der Waals surface area contributed by atoms with Crippen LogP contribution in [0.1, 0.15) is 13.3 Å². The quantitative estimate of drug-likeness (QED) is 0.481. The molecule has 0 atom stereocenters. The summed E-state index contributed by atoms with van der Waals surface area (Å²) in [6, 6.07) is 0. The number of ether oxygens (including phenoxy) is 1. The zero-order valence-electron chi connectivity index (χ0n) is 10.3. The highest BCUT2D eigenvalue weighted by atomic mass is 16.5. The Labute approximate surface area is 101 Å². The van der Waals surface area contributed by atoms with Crippen molar-refractivity contribution in [2.75, 3.05) is 39.8 Å². The molecule has 0 saturated carbocycles. The molecule has 17 heavy (non-hydrogen) atoms. The Morgan fingerprint density at radius 1 is 1.12 bits per heavy atom. The van der Waals surface area contributed by atoms with Crippen LogP contribution in [0.2, 0.25) is 0 Å². The van der Waals surface area contributed by atoms with E-state index in [2.05, 4.69) is 4.74 Å². The number of Topliss-reactive ketones (excluding diaryl/α,β-unsaturated/α-hetero) is 1. The summed E-state index contributed by atoms with van der Waals surface area (Å²) in [4.78, 5) is 37.1. The standard InChI is InChI=1S/C11H18N2O4/c1-9(14)7-10(15)13-5-3-12(4-6-13)8-11(16)17-2/h3-8H2,1-2H3. The van der Waals surface area contributed by atoms with Gasteiger partial charge in [-0.2, -0.15) is 0 Å². The van der Waals surface area contributed by atoms with E-state index in [1.165, 1.54) is 14.0 Å². The number of carbonyl (C=O) groups excluding carboxylic acids is 3. The van der Waals surface area contributed by atoms with Gasteiger partial charge in [0.2, 0.25) is 5.91 Å². The molecule has 1 aliphatic heterocycles. The summed E-state index contributed by atoms with van der Waals surface area (Å²) in [5, 5.41) is 0. The summed E-state index contributed by atoms with van der Waals surface area (Å²) in [5.41, 5.74) is 0. The fraction of sp³-hybridized carbons (Fsp3) is 0.727. The third-order valence-corrected chi connectivity index (χ3v) is 2.71. The van der Waals surface area contributed by atoms with Crippen molar-refractivity contribution in [3.05, 3.63) is 0 Å². The molecule has 1 fully saturated rings. The number of hydrogen-bond acceptors (Lipinski definition) is 5. The van der Waals surface area contributed by atoms with Crippen LogP contribution >= 0.6 is 0 Å². The highest BCUT2D eigenvalue weighted by Gasteiger charge is 2.22. The van der Waals surface area contributed by atoms with Crippen molar-refractivity contribution in [2.45, 2.75) is 13.3 Å². The molecule has 1 amide bonds. The van der Waals surface area contributed by atoms with Crippen LogP contribution in [0.3, 0.4) is 0 Å². The number of amides is 1. The molecule has 0 aromatic heterocycles. The van der Waals surface area contributed by atoms with E-state index in [1.807, 2.05) is 4.90 Å². The molecular formula is C11H18N2O4. The number of piperazine rings is 1. The first-order valence-corrected chi connectivity index (χ1v) is 5.59. The second-order valence-electron chi connectivity index (χ2n) is 4.11. The zero-order valence-corrected chi connectivity index (χ0v) is 10.3. The minimum Gasteiger partial charge on any atom is -0.468 e. The van der Waals surface area contributed by atoms with Crippen molar-refractivity contribution in [1.29, 1.82) is 0 Å². The topological polar surface area (TPSA) is 66.9 Å². The molecule has 1 rings (SSSR count). The van der Waals surface area contributed by atoms with Gasteiger partial charge in [0.25, 0.3) is 0 Å². The molecule has 0 N–H and O–H groups in total. The fourth-order valence-corrected chi connectivity index (χ4v) is 1.73. The molecule has 1 heterocycles. The number of rotatable bonds is 4. The molecule has 0 radical (unpaired) electrons. The van der Waals surface area contributed by atoms with Crippen LogP contribution in [0, 0.1) is 0 Å². The predicted octanol–water partition coefficient (Wildman–Crippen LogP) is -0.717. The van der Waals surface area contributed by atoms with E-state index < -0.39 is 0 Å². The third-order valence-electron chi connectivity index (χ3n) is 2.71. The van der Waals surface area contributed by atoms with E-state index in [-0.39, 0.29) is 30.6 Å². The van der Waals surface area contributed by atoms with Crippen LogP contribution in [-0.2, 0) is 19.1 Å². The van der Waals surface area contributed by atoms with Gasteiger partial charge in [-0.25, -0.2) is 0 Å². The Kier molecular flexibility index (Phi) is 5.09. The summed E-state index contributed by atoms with van der Waals surface area (Å²) in [6.07, 6.45) is -0.0308. The first-order valence-electron chi connectivity index (χ1n) is 5.59. The van der Waals surface area contributed by atoms with Crippen molar-refractivity contribution in [2.24, 2.45) is 0 Å². The molecular weight excluding hydrogens is 224 g/mol. The van der Waals surface area contributed by atoms with Crippen molar-refractivity contribution in [3.8, 4) is 0 Å². The number of ketones is 1. The lowest BCUT2D eigenvalue weighted by Gasteiger charge is -2.33. The maximum absolute atomic E-state index is 11.6. The Morgan fingerprint density at radius 3 is 2.18 bits per heavy atom. The van der Waals surface area contributed by atoms with Gasteiger partial charge in [0.15, 0.2) is 0 Å². The molecule has 0 bridgehead atoms. The highest BCUT2D eigenvalue weighted by molar-refractivity contribution is 5.96. The molecule has 6 nitrogen and oxygen atoms in total. The lowest BCUT2D eigenvalue weighted by atomic mass is 10.2. The minimum atomic E-state index is -0.270. The van der Waals surface area contributed by atoms with Gasteiger partial charge in [-0.3, -0.25) is 19.3 Å². The molecule has 0 spiro atoms. The smallest absolute Gasteiger partial charge is 0.319 e. The van der Waals surface area contributed by atoms with Crippen molar-refractivity contribution in [1.82, 2.24) is 9.80 Å². The van der Waals surface area contributed by atoms with Gasteiger partial charge in [0.1, 0.15) is 5.78 Å². The van der Waals surface area contributed by atoms with E-state index in [4.69, 9.17) is 0 Å². The number of carbonyl (C=O) groups is 3. The van der Waals surface area contributed by atoms with Crippen LogP contribution in [0.4, 0.5) is 0 Å². The molecule has 1 saturated heterocycles. The summed E-state index contributed by atoms with van der Waals surface area (Å²) in [5.74, 6) is -0.518. The molecule has 0 aromatic carbocycles. The van der Waals surface area contributed by atoms with E-state index in [1.54, 1.807) is 4.90 Å². The second-order valence-corrected chi connectivity index (χ2v) is 4.11. The van der Waals surface area contributed by atoms with Crippen LogP contribution in [0.25, 0.3) is 0 Å². The Morgan fingerprint density at radius 2 is 1.71 bits per heavy atom. The average Bonchev–Trinajstić information content (AvgIpc) is 2.28. The van der Waals surface area contributed by atoms with Crippen LogP contribution in [-0.4, -0.2) is 67.3 Å². The van der Waals surface area contributed by atoms with Crippen LogP contribution < -0.4 is 0 Å². The van der Waals surface area contributed by atoms with Crippen molar-refractivity contribution < 1.29 is 19.1 Å². The number of esters is 1. The van der Waals surface area contributed by atoms with Crippen molar-refractivity contribution in [3.63, 3.8) is 0 Å². The minimum absolute atomic E-state index is 0.0308. The summed E-state index contributed by atoms with van der Waals surface area (Å²) < 4.78 is 4.57. The summed E-state index contributed by atoms with van der Waals surface area (Å²) in [7, 11) is 1.36. The maximum Gasteiger partial charge on any atom is 0.319 e. The first kappa shape index (κ1) is 13.6. The van der Waals surface area contributed by atoms with Gasteiger partial charge in [0, 0.05) is 26.2 Å². The van der Waals surface area contributed by atoms with Gasteiger partial charge in [-0.1, -0.05) is 0 Å². The normalized spacial score (nSPS) is 16.7. The van der Waals surface area contributed by atoms with Crippen LogP contribution in [0.15, 0.2) is 0 Å². The number of nitrogens with zero attached hydrogens (tertiary/aromatic N) is 2. The van der Waals surface area contributed by atoms with Gasteiger partial charge < -0.3 is 9.64 Å². The fourth-order valence-electron chi connectivity index (χ4n) is 1.73. The monoisotopic (exact) mass is 242 g/mol. The Balaban J connectivity index is 2.32. The SMILES string of the molecule is COC(=O)CN1CCN(C(=O)CC(C)=O)CC1. The van der Waals surface area contributed by atoms with Gasteiger partial charge >= 0.3 is 5.97 Å². The van der Waals surface area contributed by atoms with E-state index in [0.717, 1.165) is 0 Å².